The Morgan fingerprint density at radius 3 is 2.76 bits per heavy atom. The lowest BCUT2D eigenvalue weighted by Crippen LogP contribution is -2.49. The molecule has 0 spiro atoms. The van der Waals surface area contributed by atoms with E-state index >= 15 is 0 Å². The molecule has 2 nitrogen and oxygen atoms in total. The van der Waals surface area contributed by atoms with Crippen molar-refractivity contribution in [2.75, 3.05) is 19.6 Å². The molecule has 1 aromatic rings. The smallest absolute Gasteiger partial charge is 0.0240 e. The van der Waals surface area contributed by atoms with Crippen LogP contribution in [-0.2, 0) is 6.54 Å². The molecule has 0 radical (unpaired) electrons. The van der Waals surface area contributed by atoms with E-state index in [4.69, 9.17) is 0 Å². The van der Waals surface area contributed by atoms with Gasteiger partial charge in [0.2, 0.25) is 0 Å². The van der Waals surface area contributed by atoms with Crippen LogP contribution < -0.4 is 5.32 Å². The van der Waals surface area contributed by atoms with Gasteiger partial charge in [0, 0.05) is 32.2 Å². The molecule has 0 amide bonds. The van der Waals surface area contributed by atoms with Crippen molar-refractivity contribution in [3.05, 3.63) is 34.9 Å². The Morgan fingerprint density at radius 1 is 1.35 bits per heavy atom. The average Bonchev–Trinajstić information content (AvgIpc) is 2.25. The number of piperazine rings is 1. The minimum Gasteiger partial charge on any atom is -0.314 e. The Morgan fingerprint density at radius 2 is 2.12 bits per heavy atom. The largest absolute Gasteiger partial charge is 0.314 e. The molecule has 1 aliphatic heterocycles. The molecule has 17 heavy (non-hydrogen) atoms. The van der Waals surface area contributed by atoms with Crippen LogP contribution in [-0.4, -0.2) is 30.6 Å². The zero-order chi connectivity index (χ0) is 11.5. The maximum atomic E-state index is 3.43. The first kappa shape index (κ1) is 14.5. The van der Waals surface area contributed by atoms with E-state index in [0.29, 0.717) is 6.04 Å². The van der Waals surface area contributed by atoms with Gasteiger partial charge in [-0.2, -0.15) is 0 Å². The Kier molecular flexibility index (Phi) is 5.44. The number of nitrogens with one attached hydrogen (secondary N) is 1. The summed E-state index contributed by atoms with van der Waals surface area (Å²) in [7, 11) is 0. The molecule has 1 atom stereocenters. The van der Waals surface area contributed by atoms with Gasteiger partial charge in [-0.25, -0.2) is 0 Å². The van der Waals surface area contributed by atoms with Crippen molar-refractivity contribution in [1.82, 2.24) is 10.2 Å². The van der Waals surface area contributed by atoms with E-state index in [1.54, 1.807) is 0 Å². The molecule has 1 aromatic carbocycles. The highest BCUT2D eigenvalue weighted by Gasteiger charge is 2.18. The molecule has 0 bridgehead atoms. The standard InChI is InChI=1S/C14H22N2.ClH/c1-11-4-5-14(12(2)8-11)10-16-7-6-15-9-13(16)3;/h4-5,8,13,15H,6-7,9-10H2,1-3H3;1H. The summed E-state index contributed by atoms with van der Waals surface area (Å²) in [5, 5.41) is 3.43. The summed E-state index contributed by atoms with van der Waals surface area (Å²) in [6, 6.07) is 7.42. The molecular weight excluding hydrogens is 232 g/mol. The van der Waals surface area contributed by atoms with E-state index in [9.17, 15) is 0 Å². The zero-order valence-electron chi connectivity index (χ0n) is 11.0. The second-order valence-corrected chi connectivity index (χ2v) is 4.95. The Bertz CT molecular complexity index is 365. The van der Waals surface area contributed by atoms with Gasteiger partial charge in [-0.3, -0.25) is 4.90 Å². The van der Waals surface area contributed by atoms with Gasteiger partial charge in [-0.15, -0.1) is 12.4 Å². The van der Waals surface area contributed by atoms with Crippen LogP contribution in [0.1, 0.15) is 23.6 Å². The third kappa shape index (κ3) is 3.70. The summed E-state index contributed by atoms with van der Waals surface area (Å²) in [4.78, 5) is 2.56. The number of benzene rings is 1. The molecule has 3 heteroatoms. The molecular formula is C14H23ClN2. The Labute approximate surface area is 111 Å². The van der Waals surface area contributed by atoms with Gasteiger partial charge >= 0.3 is 0 Å². The summed E-state index contributed by atoms with van der Waals surface area (Å²) in [5.74, 6) is 0. The summed E-state index contributed by atoms with van der Waals surface area (Å²) in [5.41, 5.74) is 4.25. The maximum absolute atomic E-state index is 3.43. The van der Waals surface area contributed by atoms with Crippen LogP contribution in [0.15, 0.2) is 18.2 Å². The van der Waals surface area contributed by atoms with Crippen molar-refractivity contribution in [2.24, 2.45) is 0 Å². The third-order valence-electron chi connectivity index (χ3n) is 3.51. The molecule has 1 N–H and O–H groups in total. The van der Waals surface area contributed by atoms with Gasteiger partial charge in [-0.05, 0) is 31.9 Å². The highest BCUT2D eigenvalue weighted by Crippen LogP contribution is 2.15. The summed E-state index contributed by atoms with van der Waals surface area (Å²) in [6.07, 6.45) is 0. The fourth-order valence-electron chi connectivity index (χ4n) is 2.36. The zero-order valence-corrected chi connectivity index (χ0v) is 11.8. The van der Waals surface area contributed by atoms with Crippen LogP contribution in [0.3, 0.4) is 0 Å². The summed E-state index contributed by atoms with van der Waals surface area (Å²) in [6.45, 7) is 11.2. The third-order valence-corrected chi connectivity index (χ3v) is 3.51. The lowest BCUT2D eigenvalue weighted by Gasteiger charge is -2.34. The number of nitrogens with zero attached hydrogens (tertiary/aromatic N) is 1. The quantitative estimate of drug-likeness (QED) is 0.873. The Balaban J connectivity index is 0.00000144. The summed E-state index contributed by atoms with van der Waals surface area (Å²) >= 11 is 0. The van der Waals surface area contributed by atoms with E-state index in [1.807, 2.05) is 0 Å². The number of hydrogen-bond acceptors (Lipinski definition) is 2. The topological polar surface area (TPSA) is 15.3 Å². The van der Waals surface area contributed by atoms with Crippen LogP contribution in [0, 0.1) is 13.8 Å². The van der Waals surface area contributed by atoms with Crippen LogP contribution in [0.4, 0.5) is 0 Å². The minimum atomic E-state index is 0. The fraction of sp³-hybridized carbons (Fsp3) is 0.571. The lowest BCUT2D eigenvalue weighted by atomic mass is 10.0. The number of hydrogen-bond donors (Lipinski definition) is 1. The molecule has 0 aliphatic carbocycles. The molecule has 1 heterocycles. The predicted octanol–water partition coefficient (Wildman–Crippen LogP) is 2.52. The molecule has 0 saturated carbocycles. The van der Waals surface area contributed by atoms with E-state index < -0.39 is 0 Å². The second-order valence-electron chi connectivity index (χ2n) is 4.95. The molecule has 0 aromatic heterocycles. The van der Waals surface area contributed by atoms with Crippen LogP contribution in [0.2, 0.25) is 0 Å². The average molecular weight is 255 g/mol. The first-order valence-corrected chi connectivity index (χ1v) is 6.17. The van der Waals surface area contributed by atoms with E-state index in [-0.39, 0.29) is 12.4 Å². The van der Waals surface area contributed by atoms with E-state index in [0.717, 1.165) is 26.2 Å². The normalized spacial score (nSPS) is 21.0. The number of halogens is 1. The number of rotatable bonds is 2. The van der Waals surface area contributed by atoms with Crippen LogP contribution >= 0.6 is 12.4 Å². The molecule has 2 rings (SSSR count). The van der Waals surface area contributed by atoms with Crippen molar-refractivity contribution in [2.45, 2.75) is 33.4 Å². The maximum Gasteiger partial charge on any atom is 0.0240 e. The van der Waals surface area contributed by atoms with E-state index in [2.05, 4.69) is 49.2 Å². The van der Waals surface area contributed by atoms with Crippen molar-refractivity contribution >= 4 is 12.4 Å². The van der Waals surface area contributed by atoms with Gasteiger partial charge in [0.15, 0.2) is 0 Å². The molecule has 1 aliphatic rings. The molecule has 1 saturated heterocycles. The molecule has 96 valence electrons. The van der Waals surface area contributed by atoms with Crippen molar-refractivity contribution < 1.29 is 0 Å². The van der Waals surface area contributed by atoms with Crippen molar-refractivity contribution in [1.29, 1.82) is 0 Å². The van der Waals surface area contributed by atoms with Gasteiger partial charge < -0.3 is 5.32 Å². The van der Waals surface area contributed by atoms with Crippen molar-refractivity contribution in [3.8, 4) is 0 Å². The fourth-order valence-corrected chi connectivity index (χ4v) is 2.36. The van der Waals surface area contributed by atoms with Gasteiger partial charge in [0.05, 0.1) is 0 Å². The first-order valence-electron chi connectivity index (χ1n) is 6.17. The SMILES string of the molecule is Cc1ccc(CN2CCNCC2C)c(C)c1.Cl. The number of aryl methyl sites for hydroxylation is 2. The second kappa shape index (κ2) is 6.39. The Hall–Kier alpha value is -0.570. The highest BCUT2D eigenvalue weighted by atomic mass is 35.5. The van der Waals surface area contributed by atoms with Gasteiger partial charge in [0.25, 0.3) is 0 Å². The molecule has 1 fully saturated rings. The van der Waals surface area contributed by atoms with Crippen LogP contribution in [0.5, 0.6) is 0 Å². The van der Waals surface area contributed by atoms with Crippen LogP contribution in [0.25, 0.3) is 0 Å². The van der Waals surface area contributed by atoms with Gasteiger partial charge in [-0.1, -0.05) is 23.8 Å². The highest BCUT2D eigenvalue weighted by molar-refractivity contribution is 5.85. The predicted molar refractivity (Wildman–Crippen MR) is 75.9 cm³/mol. The lowest BCUT2D eigenvalue weighted by molar-refractivity contribution is 0.165. The summed E-state index contributed by atoms with van der Waals surface area (Å²) < 4.78 is 0. The van der Waals surface area contributed by atoms with Gasteiger partial charge in [0.1, 0.15) is 0 Å². The van der Waals surface area contributed by atoms with E-state index in [1.165, 1.54) is 16.7 Å². The molecule has 1 unspecified atom stereocenters. The minimum absolute atomic E-state index is 0. The monoisotopic (exact) mass is 254 g/mol. The first-order chi connectivity index (χ1) is 7.66. The van der Waals surface area contributed by atoms with Crippen molar-refractivity contribution in [3.63, 3.8) is 0 Å².